The van der Waals surface area contributed by atoms with Gasteiger partial charge in [-0.05, 0) is 24.6 Å². The van der Waals surface area contributed by atoms with Gasteiger partial charge >= 0.3 is 0 Å². The van der Waals surface area contributed by atoms with E-state index in [2.05, 4.69) is 0 Å². The molecule has 0 heterocycles. The lowest BCUT2D eigenvalue weighted by Crippen LogP contribution is -1.82. The van der Waals surface area contributed by atoms with Crippen LogP contribution in [0.2, 0.25) is 0 Å². The Morgan fingerprint density at radius 3 is 2.00 bits per heavy atom. The quantitative estimate of drug-likeness (QED) is 0.531. The largest absolute Gasteiger partial charge is 0.283 e. The van der Waals surface area contributed by atoms with Crippen LogP contribution < -0.4 is 0 Å². The first-order chi connectivity index (χ1) is 4.61. The van der Waals surface area contributed by atoms with Crippen LogP contribution in [0.15, 0.2) is 12.1 Å². The van der Waals surface area contributed by atoms with Gasteiger partial charge in [0.15, 0.2) is 11.6 Å². The van der Waals surface area contributed by atoms with Crippen molar-refractivity contribution in [2.75, 3.05) is 0 Å². The maximum atomic E-state index is 12.3. The van der Waals surface area contributed by atoms with Crippen LogP contribution in [-0.4, -0.2) is 0 Å². The van der Waals surface area contributed by atoms with Gasteiger partial charge in [0, 0.05) is 0 Å². The number of rotatable bonds is 0. The summed E-state index contributed by atoms with van der Waals surface area (Å²) >= 11 is 0. The molecule has 0 atom stereocenters. The molecule has 1 nitrogen and oxygen atoms in total. The molecule has 0 aliphatic rings. The Labute approximate surface area is 56.9 Å². The first-order valence-electron chi connectivity index (χ1n) is 2.74. The summed E-state index contributed by atoms with van der Waals surface area (Å²) in [5.74, 6) is -3.22. The predicted molar refractivity (Wildman–Crippen MR) is 31.2 cm³/mol. The summed E-state index contributed by atoms with van der Waals surface area (Å²) in [4.78, 5) is 0. The van der Waals surface area contributed by atoms with Gasteiger partial charge in [0.05, 0.1) is 0 Å². The highest BCUT2D eigenvalue weighted by atomic mass is 19.1. The van der Waals surface area contributed by atoms with Crippen molar-refractivity contribution in [3.63, 3.8) is 0 Å². The lowest BCUT2D eigenvalue weighted by molar-refractivity contribution is 0.306. The van der Waals surface area contributed by atoms with E-state index in [-0.39, 0.29) is 0 Å². The second-order valence-corrected chi connectivity index (χ2v) is 2.06. The van der Waals surface area contributed by atoms with Gasteiger partial charge in [-0.2, -0.15) is 0 Å². The molecule has 0 amide bonds. The number of hydrogen-bond donors (Lipinski definition) is 0. The fourth-order valence-corrected chi connectivity index (χ4v) is 0.687. The molecule has 3 heteroatoms. The molecule has 0 N–H and O–H groups in total. The van der Waals surface area contributed by atoms with Crippen LogP contribution in [0.25, 0.3) is 0 Å². The van der Waals surface area contributed by atoms with E-state index in [9.17, 15) is 13.9 Å². The van der Waals surface area contributed by atoms with E-state index in [4.69, 9.17) is 0 Å². The maximum Gasteiger partial charge on any atom is 0.249 e. The SMILES string of the molecule is Cc1cc(F)c([O])c(F)c1. The van der Waals surface area contributed by atoms with Gasteiger partial charge in [0.2, 0.25) is 5.75 Å². The average molecular weight is 143 g/mol. The predicted octanol–water partition coefficient (Wildman–Crippen LogP) is 2.42. The molecule has 1 aromatic carbocycles. The average Bonchev–Trinajstić information content (AvgIpc) is 1.82. The molecule has 0 unspecified atom stereocenters. The molecule has 0 spiro atoms. The van der Waals surface area contributed by atoms with Crippen molar-refractivity contribution in [2.45, 2.75) is 6.92 Å². The summed E-state index contributed by atoms with van der Waals surface area (Å²) in [6, 6.07) is 2.01. The highest BCUT2D eigenvalue weighted by molar-refractivity contribution is 5.28. The Bertz CT molecular complexity index is 235. The number of halogens is 2. The van der Waals surface area contributed by atoms with Crippen LogP contribution >= 0.6 is 0 Å². The molecule has 0 saturated heterocycles. The summed E-state index contributed by atoms with van der Waals surface area (Å²) < 4.78 is 24.6. The van der Waals surface area contributed by atoms with Crippen LogP contribution in [0.4, 0.5) is 8.78 Å². The van der Waals surface area contributed by atoms with E-state index in [1.807, 2.05) is 0 Å². The van der Waals surface area contributed by atoms with Gasteiger partial charge in [-0.3, -0.25) is 5.11 Å². The van der Waals surface area contributed by atoms with Gasteiger partial charge in [-0.1, -0.05) is 0 Å². The lowest BCUT2D eigenvalue weighted by Gasteiger charge is -1.94. The molecule has 53 valence electrons. The Morgan fingerprint density at radius 2 is 1.60 bits per heavy atom. The zero-order valence-electron chi connectivity index (χ0n) is 5.32. The van der Waals surface area contributed by atoms with Crippen molar-refractivity contribution in [3.8, 4) is 5.75 Å². The summed E-state index contributed by atoms with van der Waals surface area (Å²) in [5, 5.41) is 10.4. The van der Waals surface area contributed by atoms with E-state index >= 15 is 0 Å². The van der Waals surface area contributed by atoms with E-state index < -0.39 is 17.4 Å². The molecular formula is C7H5F2O. The molecule has 0 fully saturated rings. The maximum absolute atomic E-state index is 12.3. The van der Waals surface area contributed by atoms with Crippen molar-refractivity contribution in [1.82, 2.24) is 0 Å². The van der Waals surface area contributed by atoms with Crippen molar-refractivity contribution >= 4 is 0 Å². The Morgan fingerprint density at radius 1 is 1.20 bits per heavy atom. The minimum absolute atomic E-state index is 0.412. The number of hydrogen-bond acceptors (Lipinski definition) is 0. The first-order valence-corrected chi connectivity index (χ1v) is 2.74. The van der Waals surface area contributed by atoms with Crippen LogP contribution in [0, 0.1) is 18.6 Å². The third kappa shape index (κ3) is 1.07. The van der Waals surface area contributed by atoms with E-state index in [1.165, 1.54) is 6.92 Å². The van der Waals surface area contributed by atoms with Crippen molar-refractivity contribution in [1.29, 1.82) is 0 Å². The normalized spacial score (nSPS) is 9.90. The third-order valence-electron chi connectivity index (χ3n) is 1.14. The zero-order chi connectivity index (χ0) is 7.72. The van der Waals surface area contributed by atoms with E-state index in [1.54, 1.807) is 0 Å². The van der Waals surface area contributed by atoms with Gasteiger partial charge in [0.25, 0.3) is 0 Å². The summed E-state index contributed by atoms with van der Waals surface area (Å²) in [6.45, 7) is 1.52. The third-order valence-corrected chi connectivity index (χ3v) is 1.14. The fraction of sp³-hybridized carbons (Fsp3) is 0.143. The second-order valence-electron chi connectivity index (χ2n) is 2.06. The molecule has 1 rings (SSSR count). The smallest absolute Gasteiger partial charge is 0.249 e. The molecule has 0 bridgehead atoms. The highest BCUT2D eigenvalue weighted by Gasteiger charge is 2.08. The number of aryl methyl sites for hydroxylation is 1. The monoisotopic (exact) mass is 143 g/mol. The van der Waals surface area contributed by atoms with Crippen LogP contribution in [-0.2, 0) is 5.11 Å². The van der Waals surface area contributed by atoms with Crippen LogP contribution in [0.3, 0.4) is 0 Å². The minimum atomic E-state index is -1.16. The van der Waals surface area contributed by atoms with Crippen molar-refractivity contribution in [3.05, 3.63) is 29.3 Å². The minimum Gasteiger partial charge on any atom is -0.283 e. The van der Waals surface area contributed by atoms with Gasteiger partial charge in [-0.25, -0.2) is 8.78 Å². The molecule has 0 saturated carbocycles. The molecule has 1 aromatic rings. The number of benzene rings is 1. The summed E-state index contributed by atoms with van der Waals surface area (Å²) in [6.07, 6.45) is 0. The molecular weight excluding hydrogens is 138 g/mol. The first kappa shape index (κ1) is 6.99. The van der Waals surface area contributed by atoms with Crippen molar-refractivity contribution in [2.24, 2.45) is 0 Å². The molecule has 0 aromatic heterocycles. The van der Waals surface area contributed by atoms with Gasteiger partial charge in [0.1, 0.15) is 0 Å². The topological polar surface area (TPSA) is 19.9 Å². The Kier molecular flexibility index (Phi) is 1.57. The van der Waals surface area contributed by atoms with Crippen molar-refractivity contribution < 1.29 is 13.9 Å². The molecule has 10 heavy (non-hydrogen) atoms. The van der Waals surface area contributed by atoms with Crippen LogP contribution in [0.5, 0.6) is 5.75 Å². The molecule has 1 radical (unpaired) electrons. The molecule has 0 aliphatic carbocycles. The van der Waals surface area contributed by atoms with Crippen LogP contribution in [0.1, 0.15) is 5.56 Å². The summed E-state index contributed by atoms with van der Waals surface area (Å²) in [5.41, 5.74) is 0.412. The second kappa shape index (κ2) is 2.25. The highest BCUT2D eigenvalue weighted by Crippen LogP contribution is 2.21. The van der Waals surface area contributed by atoms with Gasteiger partial charge in [-0.15, -0.1) is 0 Å². The Hall–Kier alpha value is -1.12. The Balaban J connectivity index is 3.31. The van der Waals surface area contributed by atoms with E-state index in [0.717, 1.165) is 12.1 Å². The summed E-state index contributed by atoms with van der Waals surface area (Å²) in [7, 11) is 0. The van der Waals surface area contributed by atoms with E-state index in [0.29, 0.717) is 5.56 Å². The lowest BCUT2D eigenvalue weighted by atomic mass is 10.2. The zero-order valence-corrected chi connectivity index (χ0v) is 5.32. The standard InChI is InChI=1S/C7H5F2O/c1-4-2-5(8)7(10)6(9)3-4/h2-3H,1H3. The van der Waals surface area contributed by atoms with Gasteiger partial charge < -0.3 is 0 Å². The fourth-order valence-electron chi connectivity index (χ4n) is 0.687. The molecule has 0 aliphatic heterocycles.